The number of rotatable bonds is 9. The number of carbonyl (C=O) groups is 1. The number of anilines is 2. The van der Waals surface area contributed by atoms with E-state index in [1.165, 1.54) is 19.4 Å². The number of hydrogen-bond acceptors (Lipinski definition) is 12. The van der Waals surface area contributed by atoms with E-state index in [0.29, 0.717) is 42.8 Å². The number of aromatic nitrogens is 2. The number of hydrogen-bond donors (Lipinski definition) is 3. The molecule has 172 valence electrons. The van der Waals surface area contributed by atoms with Crippen LogP contribution in [0, 0.1) is 0 Å². The van der Waals surface area contributed by atoms with Crippen molar-refractivity contribution in [1.29, 1.82) is 0 Å². The van der Waals surface area contributed by atoms with Gasteiger partial charge in [-0.2, -0.15) is 0 Å². The van der Waals surface area contributed by atoms with E-state index in [1.807, 2.05) is 0 Å². The minimum atomic E-state index is -0.805. The molecule has 0 bridgehead atoms. The van der Waals surface area contributed by atoms with Gasteiger partial charge < -0.3 is 29.7 Å². The first-order chi connectivity index (χ1) is 15.4. The summed E-state index contributed by atoms with van der Waals surface area (Å²) in [5, 5.41) is 14.1. The van der Waals surface area contributed by atoms with Crippen molar-refractivity contribution >= 4 is 38.9 Å². The highest BCUT2D eigenvalue weighted by Crippen LogP contribution is 2.30. The lowest BCUT2D eigenvalue weighted by molar-refractivity contribution is 0.0991. The van der Waals surface area contributed by atoms with Crippen LogP contribution in [-0.2, 0) is 9.47 Å². The van der Waals surface area contributed by atoms with Crippen molar-refractivity contribution in [2.75, 3.05) is 44.7 Å². The molecule has 3 heterocycles. The van der Waals surface area contributed by atoms with E-state index >= 15 is 0 Å². The zero-order chi connectivity index (χ0) is 23.1. The third kappa shape index (κ3) is 5.49. The zero-order valence-corrected chi connectivity index (χ0v) is 18.7. The fraction of sp³-hybridized carbons (Fsp3) is 0.421. The van der Waals surface area contributed by atoms with Crippen molar-refractivity contribution in [1.82, 2.24) is 10.2 Å². The second-order valence-electron chi connectivity index (χ2n) is 6.94. The first-order valence-corrected chi connectivity index (χ1v) is 10.4. The Balaban J connectivity index is 1.84. The Bertz CT molecular complexity index is 1070. The van der Waals surface area contributed by atoms with Crippen molar-refractivity contribution in [3.05, 3.63) is 34.5 Å². The van der Waals surface area contributed by atoms with Crippen LogP contribution < -0.4 is 26.7 Å². The molecule has 0 aromatic carbocycles. The van der Waals surface area contributed by atoms with E-state index in [-0.39, 0.29) is 16.6 Å². The van der Waals surface area contributed by atoms with Crippen LogP contribution in [0.15, 0.2) is 32.5 Å². The quantitative estimate of drug-likeness (QED) is 0.464. The lowest BCUT2D eigenvalue weighted by Crippen LogP contribution is -2.43. The number of nitrogens with one attached hydrogen (secondary N) is 2. The monoisotopic (exact) mass is 464 g/mol. The molecule has 3 rings (SSSR count). The summed E-state index contributed by atoms with van der Waals surface area (Å²) in [4.78, 5) is 29.3. The summed E-state index contributed by atoms with van der Waals surface area (Å²) in [7, 11) is 2.92. The van der Waals surface area contributed by atoms with Gasteiger partial charge in [0.25, 0.3) is 5.91 Å². The average molecular weight is 465 g/mol. The van der Waals surface area contributed by atoms with Gasteiger partial charge in [-0.15, -0.1) is 10.2 Å². The molecule has 4 N–H and O–H groups in total. The number of amides is 1. The third-order valence-corrected chi connectivity index (χ3v) is 5.24. The Morgan fingerprint density at radius 3 is 2.91 bits per heavy atom. The molecule has 32 heavy (non-hydrogen) atoms. The van der Waals surface area contributed by atoms with Gasteiger partial charge >= 0.3 is 5.63 Å². The van der Waals surface area contributed by atoms with Crippen LogP contribution in [0.1, 0.15) is 23.9 Å². The number of nitrogens with zero attached hydrogens (tertiary/aromatic N) is 3. The minimum Gasteiger partial charge on any atom is -0.488 e. The maximum absolute atomic E-state index is 12.7. The van der Waals surface area contributed by atoms with E-state index < -0.39 is 17.1 Å². The second kappa shape index (κ2) is 10.3. The molecule has 0 radical (unpaired) electrons. The van der Waals surface area contributed by atoms with Crippen LogP contribution in [0.3, 0.4) is 0 Å². The van der Waals surface area contributed by atoms with Gasteiger partial charge in [0.15, 0.2) is 5.76 Å². The van der Waals surface area contributed by atoms with Gasteiger partial charge in [-0.25, -0.2) is 9.79 Å². The highest BCUT2D eigenvalue weighted by molar-refractivity contribution is 7.18. The van der Waals surface area contributed by atoms with Crippen LogP contribution in [-0.4, -0.2) is 61.4 Å². The van der Waals surface area contributed by atoms with Gasteiger partial charge in [0.1, 0.15) is 0 Å². The Morgan fingerprint density at radius 2 is 2.25 bits per heavy atom. The number of nitrogens with two attached hydrogens (primary N) is 1. The summed E-state index contributed by atoms with van der Waals surface area (Å²) in [6.07, 6.45) is 3.61. The molecule has 0 aliphatic carbocycles. The zero-order valence-electron chi connectivity index (χ0n) is 17.8. The predicted octanol–water partition coefficient (Wildman–Crippen LogP) is 1.53. The average Bonchev–Trinajstić information content (AvgIpc) is 3.38. The summed E-state index contributed by atoms with van der Waals surface area (Å²) in [5.41, 5.74) is 4.88. The maximum atomic E-state index is 12.7. The molecular weight excluding hydrogens is 440 g/mol. The molecule has 13 heteroatoms. The minimum absolute atomic E-state index is 0.0556. The third-order valence-electron chi connectivity index (χ3n) is 4.50. The SMILES string of the molecule is COC[C@@]1(Nc2cc(C(=O)Nc3nnc(N=C(C)C=CN)s3)oc(=O)c2OC)CCOC1. The van der Waals surface area contributed by atoms with Gasteiger partial charge in [-0.05, 0) is 25.6 Å². The van der Waals surface area contributed by atoms with Gasteiger partial charge in [-0.3, -0.25) is 10.1 Å². The Morgan fingerprint density at radius 1 is 1.44 bits per heavy atom. The smallest absolute Gasteiger partial charge is 0.381 e. The Labute approximate surface area is 187 Å². The molecule has 1 atom stereocenters. The number of aliphatic imine (C=N–C) groups is 1. The maximum Gasteiger partial charge on any atom is 0.381 e. The molecule has 1 aliphatic heterocycles. The molecule has 2 aromatic rings. The summed E-state index contributed by atoms with van der Waals surface area (Å²) in [6, 6.07) is 1.39. The van der Waals surface area contributed by atoms with Crippen LogP contribution in [0.2, 0.25) is 0 Å². The second-order valence-corrected chi connectivity index (χ2v) is 7.90. The van der Waals surface area contributed by atoms with Crippen molar-refractivity contribution in [2.45, 2.75) is 18.9 Å². The normalized spacial score (nSPS) is 18.8. The van der Waals surface area contributed by atoms with Crippen LogP contribution >= 0.6 is 11.3 Å². The van der Waals surface area contributed by atoms with Crippen molar-refractivity contribution < 1.29 is 23.4 Å². The summed E-state index contributed by atoms with van der Waals surface area (Å²) in [5.74, 6) is -0.964. The number of ether oxygens (including phenoxy) is 3. The van der Waals surface area contributed by atoms with E-state index in [2.05, 4.69) is 25.8 Å². The summed E-state index contributed by atoms with van der Waals surface area (Å²) < 4.78 is 21.1. The molecule has 0 saturated carbocycles. The van der Waals surface area contributed by atoms with Gasteiger partial charge in [0.05, 0.1) is 31.5 Å². The fourth-order valence-corrected chi connectivity index (χ4v) is 3.76. The highest BCUT2D eigenvalue weighted by atomic mass is 32.1. The largest absolute Gasteiger partial charge is 0.488 e. The van der Waals surface area contributed by atoms with Crippen LogP contribution in [0.25, 0.3) is 0 Å². The standard InChI is InChI=1S/C19H24N6O6S/c1-11(4-6-20)21-17-24-25-18(32-17)22-15(26)13-8-12(14(29-3)16(27)31-13)23-19(9-28-2)5-7-30-10-19/h4,6,8,23H,5,7,9-10,20H2,1-3H3,(H,22,25,26)/t19-/m0/s1. The van der Waals surface area contributed by atoms with E-state index in [9.17, 15) is 9.59 Å². The van der Waals surface area contributed by atoms with Gasteiger partial charge in [-0.1, -0.05) is 11.3 Å². The molecule has 12 nitrogen and oxygen atoms in total. The van der Waals surface area contributed by atoms with Gasteiger partial charge in [0.2, 0.25) is 16.0 Å². The topological polar surface area (TPSA) is 163 Å². The molecule has 1 amide bonds. The molecule has 1 fully saturated rings. The molecule has 0 spiro atoms. The molecule has 2 aromatic heterocycles. The highest BCUT2D eigenvalue weighted by Gasteiger charge is 2.36. The Hall–Kier alpha value is -3.29. The fourth-order valence-electron chi connectivity index (χ4n) is 3.10. The predicted molar refractivity (Wildman–Crippen MR) is 119 cm³/mol. The van der Waals surface area contributed by atoms with Crippen LogP contribution in [0.5, 0.6) is 5.75 Å². The van der Waals surface area contributed by atoms with E-state index in [4.69, 9.17) is 24.4 Å². The Kier molecular flexibility index (Phi) is 7.56. The molecular formula is C19H24N6O6S. The van der Waals surface area contributed by atoms with Gasteiger partial charge in [0, 0.05) is 25.5 Å². The summed E-state index contributed by atoms with van der Waals surface area (Å²) in [6.45, 7) is 2.99. The molecule has 1 saturated heterocycles. The molecule has 1 aliphatic rings. The van der Waals surface area contributed by atoms with Crippen molar-refractivity contribution in [2.24, 2.45) is 10.7 Å². The first kappa shape index (κ1) is 23.4. The van der Waals surface area contributed by atoms with Crippen molar-refractivity contribution in [3.63, 3.8) is 0 Å². The lowest BCUT2D eigenvalue weighted by Gasteiger charge is -2.29. The number of carbonyl (C=O) groups excluding carboxylic acids is 1. The lowest BCUT2D eigenvalue weighted by atomic mass is 9.99. The van der Waals surface area contributed by atoms with Crippen molar-refractivity contribution in [3.8, 4) is 5.75 Å². The van der Waals surface area contributed by atoms with Crippen LogP contribution in [0.4, 0.5) is 16.0 Å². The van der Waals surface area contributed by atoms with E-state index in [0.717, 1.165) is 11.3 Å². The number of methoxy groups -OCH3 is 2. The number of allylic oxidation sites excluding steroid dienone is 1. The first-order valence-electron chi connectivity index (χ1n) is 9.55. The van der Waals surface area contributed by atoms with E-state index in [1.54, 1.807) is 20.1 Å². The summed E-state index contributed by atoms with van der Waals surface area (Å²) >= 11 is 1.05. The molecule has 0 unspecified atom stereocenters.